The fourth-order valence-corrected chi connectivity index (χ4v) is 2.67. The quantitative estimate of drug-likeness (QED) is 0.822. The van der Waals surface area contributed by atoms with Gasteiger partial charge in [-0.1, -0.05) is 32.0 Å². The first-order chi connectivity index (χ1) is 8.04. The van der Waals surface area contributed by atoms with Gasteiger partial charge in [-0.15, -0.1) is 0 Å². The lowest BCUT2D eigenvalue weighted by atomic mass is 9.76. The third-order valence-corrected chi connectivity index (χ3v) is 3.56. The van der Waals surface area contributed by atoms with Gasteiger partial charge >= 0.3 is 0 Å². The minimum atomic E-state index is 0.00951. The zero-order chi connectivity index (χ0) is 12.5. The molecule has 0 aromatic heterocycles. The molecule has 0 saturated heterocycles. The van der Waals surface area contributed by atoms with Crippen LogP contribution in [-0.4, -0.2) is 12.5 Å². The van der Waals surface area contributed by atoms with Crippen LogP contribution in [0.4, 0.5) is 5.69 Å². The van der Waals surface area contributed by atoms with Crippen molar-refractivity contribution in [2.75, 3.05) is 11.9 Å². The van der Waals surface area contributed by atoms with Gasteiger partial charge in [-0.2, -0.15) is 0 Å². The van der Waals surface area contributed by atoms with Crippen LogP contribution in [0.15, 0.2) is 24.3 Å². The summed E-state index contributed by atoms with van der Waals surface area (Å²) in [4.78, 5) is 12.1. The molecule has 0 aliphatic carbocycles. The van der Waals surface area contributed by atoms with E-state index in [-0.39, 0.29) is 17.2 Å². The van der Waals surface area contributed by atoms with Crippen molar-refractivity contribution in [1.29, 1.82) is 0 Å². The van der Waals surface area contributed by atoms with Crippen LogP contribution in [0.5, 0.6) is 0 Å². The Balaban J connectivity index is 2.39. The number of para-hydroxylation sites is 1. The normalized spacial score (nSPS) is 22.5. The van der Waals surface area contributed by atoms with Crippen molar-refractivity contribution in [1.82, 2.24) is 0 Å². The maximum Gasteiger partial charge on any atom is 0.227 e. The summed E-state index contributed by atoms with van der Waals surface area (Å²) in [6.45, 7) is 4.94. The van der Waals surface area contributed by atoms with Crippen molar-refractivity contribution < 1.29 is 4.79 Å². The summed E-state index contributed by atoms with van der Waals surface area (Å²) in [6.07, 6.45) is 1.61. The number of hydrogen-bond acceptors (Lipinski definition) is 2. The van der Waals surface area contributed by atoms with E-state index in [9.17, 15) is 4.79 Å². The number of hydrogen-bond donors (Lipinski definition) is 2. The van der Waals surface area contributed by atoms with Gasteiger partial charge in [-0.25, -0.2) is 0 Å². The van der Waals surface area contributed by atoms with Crippen LogP contribution in [0, 0.1) is 5.92 Å². The summed E-state index contributed by atoms with van der Waals surface area (Å²) < 4.78 is 0. The molecule has 1 unspecified atom stereocenters. The first-order valence-electron chi connectivity index (χ1n) is 6.15. The standard InChI is InChI=1S/C14H20N2O/c1-14(2)9-10(7-8-15)13(17)16-12-6-4-3-5-11(12)14/h3-6,10H,7-9,15H2,1-2H3,(H,16,17). The number of nitrogens with two attached hydrogens (primary N) is 1. The van der Waals surface area contributed by atoms with E-state index in [1.165, 1.54) is 5.56 Å². The number of rotatable bonds is 2. The summed E-state index contributed by atoms with van der Waals surface area (Å²) >= 11 is 0. The Morgan fingerprint density at radius 2 is 2.12 bits per heavy atom. The number of anilines is 1. The Hall–Kier alpha value is -1.35. The lowest BCUT2D eigenvalue weighted by molar-refractivity contribution is -0.120. The maximum absolute atomic E-state index is 12.1. The first kappa shape index (κ1) is 12.1. The van der Waals surface area contributed by atoms with Crippen LogP contribution in [0.3, 0.4) is 0 Å². The molecule has 0 spiro atoms. The topological polar surface area (TPSA) is 55.1 Å². The van der Waals surface area contributed by atoms with Crippen LogP contribution in [0.25, 0.3) is 0 Å². The van der Waals surface area contributed by atoms with Crippen molar-refractivity contribution >= 4 is 11.6 Å². The van der Waals surface area contributed by atoms with Crippen LogP contribution in [0.2, 0.25) is 0 Å². The summed E-state index contributed by atoms with van der Waals surface area (Å²) in [5.74, 6) is 0.121. The van der Waals surface area contributed by atoms with E-state index in [4.69, 9.17) is 5.73 Å². The van der Waals surface area contributed by atoms with Gasteiger partial charge in [0.05, 0.1) is 0 Å². The van der Waals surface area contributed by atoms with Crippen LogP contribution in [0.1, 0.15) is 32.3 Å². The van der Waals surface area contributed by atoms with Crippen molar-refractivity contribution in [3.05, 3.63) is 29.8 Å². The molecule has 1 aliphatic heterocycles. The zero-order valence-corrected chi connectivity index (χ0v) is 10.5. The van der Waals surface area contributed by atoms with E-state index in [1.54, 1.807) is 0 Å². The highest BCUT2D eigenvalue weighted by molar-refractivity contribution is 5.94. The smallest absolute Gasteiger partial charge is 0.227 e. The lowest BCUT2D eigenvalue weighted by Crippen LogP contribution is -2.27. The molecular formula is C14H20N2O. The molecule has 92 valence electrons. The van der Waals surface area contributed by atoms with Crippen molar-refractivity contribution in [2.24, 2.45) is 11.7 Å². The highest BCUT2D eigenvalue weighted by Crippen LogP contribution is 2.39. The van der Waals surface area contributed by atoms with Gasteiger partial charge in [0.1, 0.15) is 0 Å². The monoisotopic (exact) mass is 232 g/mol. The molecule has 0 fully saturated rings. The Labute approximate surface area is 102 Å². The van der Waals surface area contributed by atoms with Crippen LogP contribution < -0.4 is 11.1 Å². The molecular weight excluding hydrogens is 212 g/mol. The number of nitrogens with one attached hydrogen (secondary N) is 1. The van der Waals surface area contributed by atoms with E-state index in [2.05, 4.69) is 25.2 Å². The minimum Gasteiger partial charge on any atom is -0.330 e. The number of amides is 1. The Morgan fingerprint density at radius 1 is 1.41 bits per heavy atom. The second-order valence-corrected chi connectivity index (χ2v) is 5.40. The second-order valence-electron chi connectivity index (χ2n) is 5.40. The number of carbonyl (C=O) groups excluding carboxylic acids is 1. The maximum atomic E-state index is 12.1. The number of benzene rings is 1. The molecule has 2 rings (SSSR count). The van der Waals surface area contributed by atoms with Gasteiger partial charge < -0.3 is 11.1 Å². The lowest BCUT2D eigenvalue weighted by Gasteiger charge is -2.26. The second kappa shape index (κ2) is 4.49. The minimum absolute atomic E-state index is 0.00951. The Kier molecular flexibility index (Phi) is 3.20. The fourth-order valence-electron chi connectivity index (χ4n) is 2.67. The van der Waals surface area contributed by atoms with E-state index >= 15 is 0 Å². The van der Waals surface area contributed by atoms with Crippen LogP contribution >= 0.6 is 0 Å². The molecule has 1 aliphatic rings. The molecule has 0 bridgehead atoms. The molecule has 1 heterocycles. The van der Waals surface area contributed by atoms with Gasteiger partial charge in [-0.3, -0.25) is 4.79 Å². The average Bonchev–Trinajstić information content (AvgIpc) is 2.36. The molecule has 3 nitrogen and oxygen atoms in total. The number of carbonyl (C=O) groups is 1. The van der Waals surface area contributed by atoms with E-state index < -0.39 is 0 Å². The highest BCUT2D eigenvalue weighted by atomic mass is 16.1. The zero-order valence-electron chi connectivity index (χ0n) is 10.5. The average molecular weight is 232 g/mol. The molecule has 3 N–H and O–H groups in total. The Bertz CT molecular complexity index is 426. The van der Waals surface area contributed by atoms with Gasteiger partial charge in [0.25, 0.3) is 0 Å². The first-order valence-corrected chi connectivity index (χ1v) is 6.15. The predicted octanol–water partition coefficient (Wildman–Crippen LogP) is 2.27. The van der Waals surface area contributed by atoms with E-state index in [0.29, 0.717) is 6.54 Å². The van der Waals surface area contributed by atoms with E-state index in [0.717, 1.165) is 18.5 Å². The fraction of sp³-hybridized carbons (Fsp3) is 0.500. The van der Waals surface area contributed by atoms with Crippen LogP contribution in [-0.2, 0) is 10.2 Å². The van der Waals surface area contributed by atoms with Gasteiger partial charge in [-0.05, 0) is 36.4 Å². The van der Waals surface area contributed by atoms with Crippen molar-refractivity contribution in [3.63, 3.8) is 0 Å². The van der Waals surface area contributed by atoms with E-state index in [1.807, 2.05) is 18.2 Å². The largest absolute Gasteiger partial charge is 0.330 e. The molecule has 17 heavy (non-hydrogen) atoms. The number of fused-ring (bicyclic) bond motifs is 1. The molecule has 1 aromatic rings. The third-order valence-electron chi connectivity index (χ3n) is 3.56. The summed E-state index contributed by atoms with van der Waals surface area (Å²) in [7, 11) is 0. The van der Waals surface area contributed by atoms with Gasteiger partial charge in [0.2, 0.25) is 5.91 Å². The van der Waals surface area contributed by atoms with Gasteiger partial charge in [0.15, 0.2) is 0 Å². The molecule has 0 saturated carbocycles. The summed E-state index contributed by atoms with van der Waals surface area (Å²) in [5, 5.41) is 3.02. The summed E-state index contributed by atoms with van der Waals surface area (Å²) in [6, 6.07) is 8.05. The van der Waals surface area contributed by atoms with Gasteiger partial charge in [0, 0.05) is 11.6 Å². The molecule has 1 atom stereocenters. The van der Waals surface area contributed by atoms with Crippen molar-refractivity contribution in [3.8, 4) is 0 Å². The molecule has 0 radical (unpaired) electrons. The molecule has 1 aromatic carbocycles. The third kappa shape index (κ3) is 2.34. The molecule has 3 heteroatoms. The molecule has 1 amide bonds. The SMILES string of the molecule is CC1(C)CC(CCN)C(=O)Nc2ccccc21. The predicted molar refractivity (Wildman–Crippen MR) is 69.9 cm³/mol. The highest BCUT2D eigenvalue weighted by Gasteiger charge is 2.34. The summed E-state index contributed by atoms with van der Waals surface area (Å²) in [5.41, 5.74) is 7.76. The Morgan fingerprint density at radius 3 is 2.82 bits per heavy atom. The van der Waals surface area contributed by atoms with Crippen molar-refractivity contribution in [2.45, 2.75) is 32.1 Å².